The Bertz CT molecular complexity index is 1060. The van der Waals surface area contributed by atoms with E-state index in [2.05, 4.69) is 9.82 Å². The van der Waals surface area contributed by atoms with E-state index in [4.69, 9.17) is 27.9 Å². The zero-order valence-corrected chi connectivity index (χ0v) is 16.5. The molecule has 0 spiro atoms. The molecule has 6 nitrogen and oxygen atoms in total. The predicted octanol–water partition coefficient (Wildman–Crippen LogP) is 3.47. The molecule has 1 N–H and O–H groups in total. The largest absolute Gasteiger partial charge is 0.383 e. The van der Waals surface area contributed by atoms with Gasteiger partial charge < -0.3 is 4.74 Å². The monoisotopic (exact) mass is 413 g/mol. The van der Waals surface area contributed by atoms with E-state index in [1.54, 1.807) is 37.4 Å². The third-order valence-electron chi connectivity index (χ3n) is 3.88. The molecule has 26 heavy (non-hydrogen) atoms. The van der Waals surface area contributed by atoms with Crippen molar-refractivity contribution >= 4 is 44.1 Å². The van der Waals surface area contributed by atoms with Crippen LogP contribution in [0.25, 0.3) is 22.0 Å². The van der Waals surface area contributed by atoms with Crippen LogP contribution >= 0.6 is 23.2 Å². The lowest BCUT2D eigenvalue weighted by Crippen LogP contribution is -2.28. The van der Waals surface area contributed by atoms with Crippen molar-refractivity contribution in [1.29, 1.82) is 0 Å². The van der Waals surface area contributed by atoms with Crippen LogP contribution < -0.4 is 4.72 Å². The van der Waals surface area contributed by atoms with E-state index in [0.717, 1.165) is 11.1 Å². The van der Waals surface area contributed by atoms with E-state index in [-0.39, 0.29) is 18.2 Å². The highest BCUT2D eigenvalue weighted by Crippen LogP contribution is 2.36. The van der Waals surface area contributed by atoms with Crippen LogP contribution in [0.15, 0.2) is 41.4 Å². The predicted molar refractivity (Wildman–Crippen MR) is 103 cm³/mol. The van der Waals surface area contributed by atoms with E-state index in [9.17, 15) is 8.42 Å². The molecule has 138 valence electrons. The summed E-state index contributed by atoms with van der Waals surface area (Å²) in [5.74, 6) is 0. The highest BCUT2D eigenvalue weighted by atomic mass is 35.5. The Hall–Kier alpha value is -1.64. The van der Waals surface area contributed by atoms with Crippen molar-refractivity contribution < 1.29 is 13.2 Å². The molecule has 0 amide bonds. The molecule has 0 atom stereocenters. The number of aromatic nitrogens is 2. The fourth-order valence-electron chi connectivity index (χ4n) is 2.78. The fraction of sp³-hybridized carbons (Fsp3) is 0.235. The van der Waals surface area contributed by atoms with Gasteiger partial charge in [-0.15, -0.1) is 0 Å². The standard InChI is InChI=1S/C17H17Cl2N3O3S/c1-22-17(26(23,24)20-8-9-25-2)14-5-3-4-13(16(14)21-22)12-7-6-11(18)10-15(12)19/h3-7,10,20H,8-9H2,1-2H3. The number of ether oxygens (including phenoxy) is 1. The highest BCUT2D eigenvalue weighted by Gasteiger charge is 2.24. The number of aryl methyl sites for hydroxylation is 1. The smallest absolute Gasteiger partial charge is 0.258 e. The van der Waals surface area contributed by atoms with Crippen LogP contribution in [0, 0.1) is 0 Å². The second-order valence-electron chi connectivity index (χ2n) is 5.65. The van der Waals surface area contributed by atoms with Gasteiger partial charge in [0.1, 0.15) is 5.52 Å². The van der Waals surface area contributed by atoms with Gasteiger partial charge >= 0.3 is 0 Å². The molecule has 1 heterocycles. The van der Waals surface area contributed by atoms with Crippen LogP contribution in [-0.4, -0.2) is 38.5 Å². The van der Waals surface area contributed by atoms with Gasteiger partial charge in [-0.3, -0.25) is 4.68 Å². The van der Waals surface area contributed by atoms with Gasteiger partial charge in [-0.2, -0.15) is 5.10 Å². The summed E-state index contributed by atoms with van der Waals surface area (Å²) >= 11 is 12.3. The highest BCUT2D eigenvalue weighted by molar-refractivity contribution is 7.89. The van der Waals surface area contributed by atoms with Crippen molar-refractivity contribution in [3.05, 3.63) is 46.4 Å². The van der Waals surface area contributed by atoms with Crippen LogP contribution in [0.4, 0.5) is 0 Å². The number of rotatable bonds is 6. The zero-order valence-electron chi connectivity index (χ0n) is 14.2. The summed E-state index contributed by atoms with van der Waals surface area (Å²) in [6, 6.07) is 10.5. The first-order chi connectivity index (χ1) is 12.3. The van der Waals surface area contributed by atoms with Crippen molar-refractivity contribution in [3.8, 4) is 11.1 Å². The van der Waals surface area contributed by atoms with Gasteiger partial charge in [0, 0.05) is 47.3 Å². The second-order valence-corrected chi connectivity index (χ2v) is 8.17. The quantitative estimate of drug-likeness (QED) is 0.627. The van der Waals surface area contributed by atoms with Gasteiger partial charge in [0.05, 0.1) is 6.61 Å². The number of methoxy groups -OCH3 is 1. The Kier molecular flexibility index (Phi) is 5.55. The number of fused-ring (bicyclic) bond motifs is 1. The molecule has 9 heteroatoms. The fourth-order valence-corrected chi connectivity index (χ4v) is 4.63. The molecule has 1 aromatic heterocycles. The van der Waals surface area contributed by atoms with Gasteiger partial charge in [-0.25, -0.2) is 13.1 Å². The lowest BCUT2D eigenvalue weighted by Gasteiger charge is -2.07. The molecule has 2 aromatic carbocycles. The maximum absolute atomic E-state index is 12.7. The number of hydrogen-bond donors (Lipinski definition) is 1. The van der Waals surface area contributed by atoms with E-state index < -0.39 is 10.0 Å². The molecule has 0 aliphatic rings. The molecule has 3 aromatic rings. The minimum absolute atomic E-state index is 0.0931. The Morgan fingerprint density at radius 2 is 1.96 bits per heavy atom. The third-order valence-corrected chi connectivity index (χ3v) is 6.01. The molecule has 3 rings (SSSR count). The van der Waals surface area contributed by atoms with Crippen LogP contribution in [0.3, 0.4) is 0 Å². The zero-order chi connectivity index (χ0) is 18.9. The summed E-state index contributed by atoms with van der Waals surface area (Å²) in [4.78, 5) is 0. The maximum Gasteiger partial charge on any atom is 0.258 e. The summed E-state index contributed by atoms with van der Waals surface area (Å²) in [6.07, 6.45) is 0. The molecule has 0 bridgehead atoms. The molecule has 0 radical (unpaired) electrons. The minimum atomic E-state index is -3.75. The lowest BCUT2D eigenvalue weighted by molar-refractivity contribution is 0.204. The number of nitrogens with zero attached hydrogens (tertiary/aromatic N) is 2. The van der Waals surface area contributed by atoms with Crippen LogP contribution in [-0.2, 0) is 21.8 Å². The average molecular weight is 414 g/mol. The normalized spacial score (nSPS) is 12.0. The summed E-state index contributed by atoms with van der Waals surface area (Å²) in [5, 5.41) is 6.03. The summed E-state index contributed by atoms with van der Waals surface area (Å²) < 4.78 is 34.2. The topological polar surface area (TPSA) is 73.2 Å². The Labute approximate surface area is 161 Å². The molecule has 0 fully saturated rings. The van der Waals surface area contributed by atoms with E-state index >= 15 is 0 Å². The Balaban J connectivity index is 2.17. The van der Waals surface area contributed by atoms with Crippen molar-refractivity contribution in [2.45, 2.75) is 5.03 Å². The van der Waals surface area contributed by atoms with Crippen molar-refractivity contribution in [2.75, 3.05) is 20.3 Å². The molecular weight excluding hydrogens is 397 g/mol. The Morgan fingerprint density at radius 1 is 1.19 bits per heavy atom. The summed E-state index contributed by atoms with van der Waals surface area (Å²) in [6.45, 7) is 0.453. The van der Waals surface area contributed by atoms with Gasteiger partial charge in [-0.05, 0) is 18.2 Å². The molecular formula is C17H17Cl2N3O3S. The lowest BCUT2D eigenvalue weighted by atomic mass is 10.0. The number of halogens is 2. The number of hydrogen-bond acceptors (Lipinski definition) is 4. The van der Waals surface area contributed by atoms with E-state index in [0.29, 0.717) is 20.9 Å². The molecule has 0 unspecified atom stereocenters. The van der Waals surface area contributed by atoms with Gasteiger partial charge in [-0.1, -0.05) is 41.4 Å². The van der Waals surface area contributed by atoms with Gasteiger partial charge in [0.25, 0.3) is 10.0 Å². The van der Waals surface area contributed by atoms with Crippen LogP contribution in [0.5, 0.6) is 0 Å². The first-order valence-corrected chi connectivity index (χ1v) is 9.99. The summed E-state index contributed by atoms with van der Waals surface area (Å²) in [7, 11) is -0.641. The first-order valence-electron chi connectivity index (χ1n) is 7.75. The third kappa shape index (κ3) is 3.58. The Morgan fingerprint density at radius 3 is 2.65 bits per heavy atom. The molecule has 0 aliphatic heterocycles. The van der Waals surface area contributed by atoms with E-state index in [1.807, 2.05) is 6.07 Å². The van der Waals surface area contributed by atoms with Crippen molar-refractivity contribution in [2.24, 2.45) is 7.05 Å². The molecule has 0 saturated carbocycles. The van der Waals surface area contributed by atoms with Crippen molar-refractivity contribution in [3.63, 3.8) is 0 Å². The first kappa shape index (κ1) is 19.1. The van der Waals surface area contributed by atoms with E-state index in [1.165, 1.54) is 11.8 Å². The average Bonchev–Trinajstić information content (AvgIpc) is 2.92. The maximum atomic E-state index is 12.7. The van der Waals surface area contributed by atoms with Crippen molar-refractivity contribution in [1.82, 2.24) is 14.5 Å². The van der Waals surface area contributed by atoms with Crippen LogP contribution in [0.1, 0.15) is 0 Å². The number of benzene rings is 2. The summed E-state index contributed by atoms with van der Waals surface area (Å²) in [5.41, 5.74) is 2.01. The molecule has 0 saturated heterocycles. The van der Waals surface area contributed by atoms with Gasteiger partial charge in [0.15, 0.2) is 5.03 Å². The van der Waals surface area contributed by atoms with Gasteiger partial charge in [0.2, 0.25) is 0 Å². The van der Waals surface area contributed by atoms with Crippen LogP contribution in [0.2, 0.25) is 10.0 Å². The SMILES string of the molecule is COCCNS(=O)(=O)c1c2cccc(-c3ccc(Cl)cc3Cl)c2nn1C. The number of nitrogens with one attached hydrogen (secondary N) is 1. The molecule has 0 aliphatic carbocycles. The minimum Gasteiger partial charge on any atom is -0.383 e. The second kappa shape index (κ2) is 7.54. The number of sulfonamides is 1.